The lowest BCUT2D eigenvalue weighted by Gasteiger charge is -1.97. The topological polar surface area (TPSA) is 39.4 Å². The number of benzene rings is 1. The minimum absolute atomic E-state index is 0.183. The monoisotopic (exact) mass is 232 g/mol. The maximum Gasteiger partial charge on any atom is 0.138 e. The number of ether oxygens (including phenoxy) is 1. The van der Waals surface area contributed by atoms with Gasteiger partial charge in [-0.05, 0) is 31.5 Å². The maximum absolute atomic E-state index is 11.0. The Morgan fingerprint density at radius 3 is 2.82 bits per heavy atom. The number of hydrogen-bond acceptors (Lipinski definition) is 3. The number of methoxy groups -OCH3 is 1. The highest BCUT2D eigenvalue weighted by molar-refractivity contribution is 5.83. The van der Waals surface area contributed by atoms with Crippen molar-refractivity contribution in [3.05, 3.63) is 29.5 Å². The van der Waals surface area contributed by atoms with E-state index < -0.39 is 0 Å². The van der Waals surface area contributed by atoms with Crippen molar-refractivity contribution in [2.24, 2.45) is 0 Å². The van der Waals surface area contributed by atoms with E-state index in [9.17, 15) is 4.79 Å². The molecule has 2 rings (SSSR count). The number of Topliss-reactive ketones (excluding diaryl/α,β-unsaturated/α-hetero) is 1. The molecule has 3 nitrogen and oxygen atoms in total. The smallest absolute Gasteiger partial charge is 0.138 e. The molecule has 1 heterocycles. The van der Waals surface area contributed by atoms with Crippen LogP contribution in [-0.4, -0.2) is 12.9 Å². The molecule has 0 fully saturated rings. The third-order valence-corrected chi connectivity index (χ3v) is 2.95. The Balaban J connectivity index is 2.38. The molecule has 0 saturated carbocycles. The second kappa shape index (κ2) is 4.62. The summed E-state index contributed by atoms with van der Waals surface area (Å²) in [4.78, 5) is 11.0. The molecule has 90 valence electrons. The van der Waals surface area contributed by atoms with E-state index in [0.717, 1.165) is 28.0 Å². The number of furan rings is 1. The molecule has 0 amide bonds. The van der Waals surface area contributed by atoms with Crippen molar-refractivity contribution >= 4 is 16.8 Å². The van der Waals surface area contributed by atoms with Gasteiger partial charge in [0.2, 0.25) is 0 Å². The molecule has 0 bridgehead atoms. The predicted molar refractivity (Wildman–Crippen MR) is 66.5 cm³/mol. The van der Waals surface area contributed by atoms with Crippen molar-refractivity contribution in [1.29, 1.82) is 0 Å². The van der Waals surface area contributed by atoms with Gasteiger partial charge in [-0.15, -0.1) is 0 Å². The van der Waals surface area contributed by atoms with E-state index in [1.54, 1.807) is 14.0 Å². The minimum atomic E-state index is 0.183. The minimum Gasteiger partial charge on any atom is -0.497 e. The summed E-state index contributed by atoms with van der Waals surface area (Å²) in [5.41, 5.74) is 1.93. The molecular formula is C14H16O3. The largest absolute Gasteiger partial charge is 0.497 e. The summed E-state index contributed by atoms with van der Waals surface area (Å²) < 4.78 is 10.9. The molecule has 2 aromatic rings. The molecule has 1 aromatic heterocycles. The van der Waals surface area contributed by atoms with E-state index in [4.69, 9.17) is 9.15 Å². The van der Waals surface area contributed by atoms with Gasteiger partial charge in [0.15, 0.2) is 0 Å². The lowest BCUT2D eigenvalue weighted by atomic mass is 10.1. The highest BCUT2D eigenvalue weighted by Crippen LogP contribution is 2.29. The first-order chi connectivity index (χ1) is 8.11. The van der Waals surface area contributed by atoms with Crippen LogP contribution in [0.3, 0.4) is 0 Å². The summed E-state index contributed by atoms with van der Waals surface area (Å²) in [7, 11) is 1.63. The van der Waals surface area contributed by atoms with Crippen molar-refractivity contribution in [3.8, 4) is 5.75 Å². The van der Waals surface area contributed by atoms with Crippen LogP contribution in [0.4, 0.5) is 0 Å². The first-order valence-corrected chi connectivity index (χ1v) is 5.67. The van der Waals surface area contributed by atoms with Crippen molar-refractivity contribution in [3.63, 3.8) is 0 Å². The second-order valence-electron chi connectivity index (χ2n) is 4.21. The Hall–Kier alpha value is -1.77. The number of rotatable bonds is 4. The molecule has 0 N–H and O–H groups in total. The summed E-state index contributed by atoms with van der Waals surface area (Å²) in [6.45, 7) is 3.62. The molecular weight excluding hydrogens is 216 g/mol. The first-order valence-electron chi connectivity index (χ1n) is 5.67. The van der Waals surface area contributed by atoms with Gasteiger partial charge in [0.25, 0.3) is 0 Å². The lowest BCUT2D eigenvalue weighted by molar-refractivity contribution is -0.117. The Labute approximate surface area is 100 Å². The van der Waals surface area contributed by atoms with Crippen LogP contribution in [0, 0.1) is 6.92 Å². The molecule has 0 atom stereocenters. The quantitative estimate of drug-likeness (QED) is 0.812. The van der Waals surface area contributed by atoms with Gasteiger partial charge in [-0.1, -0.05) is 0 Å². The maximum atomic E-state index is 11.0. The van der Waals surface area contributed by atoms with Gasteiger partial charge >= 0.3 is 0 Å². The van der Waals surface area contributed by atoms with Crippen LogP contribution in [0.2, 0.25) is 0 Å². The van der Waals surface area contributed by atoms with Crippen LogP contribution in [0.15, 0.2) is 22.6 Å². The van der Waals surface area contributed by atoms with Crippen LogP contribution >= 0.6 is 0 Å². The van der Waals surface area contributed by atoms with E-state index in [0.29, 0.717) is 12.8 Å². The van der Waals surface area contributed by atoms with Crippen molar-refractivity contribution in [1.82, 2.24) is 0 Å². The predicted octanol–water partition coefficient (Wildman–Crippen LogP) is 3.27. The first kappa shape index (κ1) is 11.7. The lowest BCUT2D eigenvalue weighted by Crippen LogP contribution is -1.93. The van der Waals surface area contributed by atoms with Gasteiger partial charge in [-0.25, -0.2) is 0 Å². The fourth-order valence-electron chi connectivity index (χ4n) is 1.91. The number of carbonyl (C=O) groups is 1. The highest BCUT2D eigenvalue weighted by atomic mass is 16.5. The van der Waals surface area contributed by atoms with E-state index in [1.807, 2.05) is 25.1 Å². The molecule has 0 unspecified atom stereocenters. The molecule has 0 saturated heterocycles. The zero-order valence-corrected chi connectivity index (χ0v) is 10.4. The molecule has 1 aromatic carbocycles. The number of hydrogen-bond donors (Lipinski definition) is 0. The molecule has 0 spiro atoms. The third kappa shape index (κ3) is 2.33. The molecule has 3 heteroatoms. The Kier molecular flexibility index (Phi) is 3.18. The number of aryl methyl sites for hydroxylation is 2. The standard InChI is InChI=1S/C14H16O3/c1-9(15)4-7-13-10(2)12-6-5-11(16-3)8-14(12)17-13/h5-6,8H,4,7H2,1-3H3. The Morgan fingerprint density at radius 2 is 2.18 bits per heavy atom. The fourth-order valence-corrected chi connectivity index (χ4v) is 1.91. The van der Waals surface area contributed by atoms with Gasteiger partial charge in [-0.3, -0.25) is 0 Å². The fraction of sp³-hybridized carbons (Fsp3) is 0.357. The summed E-state index contributed by atoms with van der Waals surface area (Å²) in [6.07, 6.45) is 1.19. The molecule has 0 aliphatic rings. The average Bonchev–Trinajstić information content (AvgIpc) is 2.63. The van der Waals surface area contributed by atoms with Crippen molar-refractivity contribution < 1.29 is 13.9 Å². The number of carbonyl (C=O) groups excluding carboxylic acids is 1. The second-order valence-corrected chi connectivity index (χ2v) is 4.21. The highest BCUT2D eigenvalue weighted by Gasteiger charge is 2.11. The van der Waals surface area contributed by atoms with Crippen LogP contribution in [0.1, 0.15) is 24.7 Å². The third-order valence-electron chi connectivity index (χ3n) is 2.95. The van der Waals surface area contributed by atoms with E-state index in [1.165, 1.54) is 0 Å². The Morgan fingerprint density at radius 1 is 1.41 bits per heavy atom. The van der Waals surface area contributed by atoms with Gasteiger partial charge in [0.05, 0.1) is 7.11 Å². The number of fused-ring (bicyclic) bond motifs is 1. The van der Waals surface area contributed by atoms with Gasteiger partial charge in [-0.2, -0.15) is 0 Å². The zero-order valence-electron chi connectivity index (χ0n) is 10.4. The summed E-state index contributed by atoms with van der Waals surface area (Å²) in [5.74, 6) is 1.86. The molecule has 0 aliphatic carbocycles. The normalized spacial score (nSPS) is 10.8. The molecule has 0 aliphatic heterocycles. The summed E-state index contributed by atoms with van der Waals surface area (Å²) in [5, 5.41) is 1.09. The number of ketones is 1. The summed E-state index contributed by atoms with van der Waals surface area (Å²) >= 11 is 0. The molecule has 17 heavy (non-hydrogen) atoms. The van der Waals surface area contributed by atoms with Crippen LogP contribution in [0.25, 0.3) is 11.0 Å². The Bertz CT molecular complexity index is 552. The van der Waals surface area contributed by atoms with E-state index >= 15 is 0 Å². The summed E-state index contributed by atoms with van der Waals surface area (Å²) in [6, 6.07) is 5.78. The SMILES string of the molecule is COc1ccc2c(C)c(CCC(C)=O)oc2c1. The van der Waals surface area contributed by atoms with Gasteiger partial charge in [0.1, 0.15) is 22.9 Å². The van der Waals surface area contributed by atoms with E-state index in [-0.39, 0.29) is 5.78 Å². The van der Waals surface area contributed by atoms with Crippen LogP contribution in [0.5, 0.6) is 5.75 Å². The molecule has 0 radical (unpaired) electrons. The van der Waals surface area contributed by atoms with Gasteiger partial charge < -0.3 is 13.9 Å². The average molecular weight is 232 g/mol. The van der Waals surface area contributed by atoms with Crippen LogP contribution in [-0.2, 0) is 11.2 Å². The zero-order chi connectivity index (χ0) is 12.4. The van der Waals surface area contributed by atoms with Crippen molar-refractivity contribution in [2.45, 2.75) is 26.7 Å². The van der Waals surface area contributed by atoms with Crippen LogP contribution < -0.4 is 4.74 Å². The van der Waals surface area contributed by atoms with Gasteiger partial charge in [0, 0.05) is 24.3 Å². The van der Waals surface area contributed by atoms with Crippen molar-refractivity contribution in [2.75, 3.05) is 7.11 Å². The van der Waals surface area contributed by atoms with E-state index in [2.05, 4.69) is 0 Å².